The lowest BCUT2D eigenvalue weighted by molar-refractivity contribution is -0.137. The molecule has 28 heavy (non-hydrogen) atoms. The number of carbonyl (C=O) groups excluding carboxylic acids is 2. The van der Waals surface area contributed by atoms with E-state index in [2.05, 4.69) is 5.32 Å². The molecule has 0 saturated heterocycles. The van der Waals surface area contributed by atoms with Gasteiger partial charge in [-0.2, -0.15) is 0 Å². The highest BCUT2D eigenvalue weighted by molar-refractivity contribution is 6.42. The van der Waals surface area contributed by atoms with E-state index in [1.54, 1.807) is 24.3 Å². The van der Waals surface area contributed by atoms with Crippen LogP contribution >= 0.6 is 0 Å². The Kier molecular flexibility index (Phi) is 5.07. The molecule has 2 bridgehead atoms. The standard InChI is InChI=1S/C23H27N3O2/c1-15(21-14-16-7-8-17(21)13-16)25-22(27)23(28)26(19-5-3-2-4-6-19)20-11-9-18(24)10-12-20/h2-6,9-12,15-17,21H,7-8,13-14,24H2,1H3,(H,25,27). The van der Waals surface area contributed by atoms with Gasteiger partial charge in [-0.05, 0) is 80.3 Å². The van der Waals surface area contributed by atoms with Crippen molar-refractivity contribution < 1.29 is 9.59 Å². The van der Waals surface area contributed by atoms with Gasteiger partial charge in [0.2, 0.25) is 0 Å². The van der Waals surface area contributed by atoms with Crippen LogP contribution in [0.5, 0.6) is 0 Å². The normalized spacial score (nSPS) is 24.0. The fourth-order valence-corrected chi connectivity index (χ4v) is 4.97. The van der Waals surface area contributed by atoms with Crippen molar-refractivity contribution in [2.24, 2.45) is 17.8 Å². The van der Waals surface area contributed by atoms with Crippen molar-refractivity contribution in [1.29, 1.82) is 0 Å². The SMILES string of the molecule is CC(NC(=O)C(=O)N(c1ccccc1)c1ccc(N)cc1)C1CC2CCC1C2. The van der Waals surface area contributed by atoms with Crippen molar-refractivity contribution in [3.8, 4) is 0 Å². The minimum absolute atomic E-state index is 0.00999. The summed E-state index contributed by atoms with van der Waals surface area (Å²) in [7, 11) is 0. The second-order valence-electron chi connectivity index (χ2n) is 8.17. The number of amides is 2. The number of nitrogens with zero attached hydrogens (tertiary/aromatic N) is 1. The van der Waals surface area contributed by atoms with Gasteiger partial charge >= 0.3 is 11.8 Å². The van der Waals surface area contributed by atoms with Crippen LogP contribution in [0, 0.1) is 17.8 Å². The molecule has 2 fully saturated rings. The van der Waals surface area contributed by atoms with E-state index in [4.69, 9.17) is 5.73 Å². The Hall–Kier alpha value is -2.82. The summed E-state index contributed by atoms with van der Waals surface area (Å²) in [4.78, 5) is 27.4. The van der Waals surface area contributed by atoms with Crippen molar-refractivity contribution in [3.63, 3.8) is 0 Å². The summed E-state index contributed by atoms with van der Waals surface area (Å²) in [5.74, 6) is 0.845. The number of rotatable bonds is 4. The van der Waals surface area contributed by atoms with Gasteiger partial charge < -0.3 is 11.1 Å². The Morgan fingerprint density at radius 3 is 2.29 bits per heavy atom. The third-order valence-corrected chi connectivity index (χ3v) is 6.36. The second-order valence-corrected chi connectivity index (χ2v) is 8.17. The minimum atomic E-state index is -0.578. The van der Waals surface area contributed by atoms with Crippen molar-refractivity contribution in [3.05, 3.63) is 54.6 Å². The smallest absolute Gasteiger partial charge is 0.320 e. The first-order valence-corrected chi connectivity index (χ1v) is 10.1. The number of nitrogens with two attached hydrogens (primary N) is 1. The number of hydrogen-bond donors (Lipinski definition) is 2. The number of nitrogens with one attached hydrogen (secondary N) is 1. The summed E-state index contributed by atoms with van der Waals surface area (Å²) >= 11 is 0. The number of carbonyl (C=O) groups is 2. The lowest BCUT2D eigenvalue weighted by Gasteiger charge is -2.29. The minimum Gasteiger partial charge on any atom is -0.399 e. The maximum absolute atomic E-state index is 13.1. The third kappa shape index (κ3) is 3.61. The summed E-state index contributed by atoms with van der Waals surface area (Å²) in [6.07, 6.45) is 5.02. The molecule has 0 aromatic heterocycles. The number of fused-ring (bicyclic) bond motifs is 2. The van der Waals surface area contributed by atoms with Crippen molar-refractivity contribution in [2.45, 2.75) is 38.6 Å². The highest BCUT2D eigenvalue weighted by Gasteiger charge is 2.42. The van der Waals surface area contributed by atoms with E-state index in [0.29, 0.717) is 28.9 Å². The van der Waals surface area contributed by atoms with Gasteiger partial charge in [0.15, 0.2) is 0 Å². The first kappa shape index (κ1) is 18.5. The molecule has 146 valence electrons. The van der Waals surface area contributed by atoms with Crippen LogP contribution in [0.3, 0.4) is 0 Å². The lowest BCUT2D eigenvalue weighted by Crippen LogP contribution is -2.47. The fourth-order valence-electron chi connectivity index (χ4n) is 4.97. The molecule has 0 spiro atoms. The lowest BCUT2D eigenvalue weighted by atomic mass is 9.84. The third-order valence-electron chi connectivity index (χ3n) is 6.36. The number of nitrogen functional groups attached to an aromatic ring is 1. The zero-order valence-corrected chi connectivity index (χ0v) is 16.2. The summed E-state index contributed by atoms with van der Waals surface area (Å²) < 4.78 is 0. The highest BCUT2D eigenvalue weighted by atomic mass is 16.2. The molecule has 2 amide bonds. The summed E-state index contributed by atoms with van der Waals surface area (Å²) in [6, 6.07) is 16.2. The first-order valence-electron chi connectivity index (χ1n) is 10.1. The predicted octanol–water partition coefficient (Wildman–Crippen LogP) is 3.87. The summed E-state index contributed by atoms with van der Waals surface area (Å²) in [5, 5.41) is 2.98. The van der Waals surface area contributed by atoms with Crippen LogP contribution in [0.2, 0.25) is 0 Å². The molecule has 5 heteroatoms. The topological polar surface area (TPSA) is 75.4 Å². The Morgan fingerprint density at radius 1 is 1.00 bits per heavy atom. The van der Waals surface area contributed by atoms with Gasteiger partial charge in [0.05, 0.1) is 0 Å². The number of para-hydroxylation sites is 1. The van der Waals surface area contributed by atoms with Crippen molar-refractivity contribution >= 4 is 28.9 Å². The molecule has 5 nitrogen and oxygen atoms in total. The molecule has 4 atom stereocenters. The zero-order valence-electron chi connectivity index (χ0n) is 16.2. The Labute approximate surface area is 165 Å². The fraction of sp³-hybridized carbons (Fsp3) is 0.391. The first-order chi connectivity index (χ1) is 13.5. The molecule has 2 aliphatic carbocycles. The molecule has 2 saturated carbocycles. The highest BCUT2D eigenvalue weighted by Crippen LogP contribution is 2.49. The maximum Gasteiger partial charge on any atom is 0.320 e. The van der Waals surface area contributed by atoms with Crippen LogP contribution in [-0.2, 0) is 9.59 Å². The monoisotopic (exact) mass is 377 g/mol. The second kappa shape index (κ2) is 7.66. The van der Waals surface area contributed by atoms with E-state index < -0.39 is 11.8 Å². The number of benzene rings is 2. The van der Waals surface area contributed by atoms with Crippen LogP contribution < -0.4 is 16.0 Å². The molecule has 4 unspecified atom stereocenters. The van der Waals surface area contributed by atoms with E-state index in [1.165, 1.54) is 30.6 Å². The molecule has 0 heterocycles. The molecule has 0 aliphatic heterocycles. The molecule has 2 aromatic carbocycles. The van der Waals surface area contributed by atoms with Gasteiger partial charge in [-0.15, -0.1) is 0 Å². The predicted molar refractivity (Wildman–Crippen MR) is 111 cm³/mol. The van der Waals surface area contributed by atoms with E-state index >= 15 is 0 Å². The van der Waals surface area contributed by atoms with E-state index in [1.807, 2.05) is 37.3 Å². The van der Waals surface area contributed by atoms with Crippen LogP contribution in [0.25, 0.3) is 0 Å². The average Bonchev–Trinajstić information content (AvgIpc) is 3.34. The molecule has 2 aliphatic rings. The average molecular weight is 377 g/mol. The van der Waals surface area contributed by atoms with E-state index in [-0.39, 0.29) is 6.04 Å². The van der Waals surface area contributed by atoms with Gasteiger partial charge in [-0.1, -0.05) is 24.6 Å². The number of anilines is 3. The van der Waals surface area contributed by atoms with Crippen LogP contribution in [0.4, 0.5) is 17.1 Å². The van der Waals surface area contributed by atoms with Gasteiger partial charge in [0.25, 0.3) is 0 Å². The van der Waals surface area contributed by atoms with Crippen molar-refractivity contribution in [2.75, 3.05) is 10.6 Å². The van der Waals surface area contributed by atoms with Crippen LogP contribution in [0.15, 0.2) is 54.6 Å². The Balaban J connectivity index is 1.53. The largest absolute Gasteiger partial charge is 0.399 e. The number of hydrogen-bond acceptors (Lipinski definition) is 3. The van der Waals surface area contributed by atoms with Gasteiger partial charge in [-0.3, -0.25) is 14.5 Å². The van der Waals surface area contributed by atoms with Crippen molar-refractivity contribution in [1.82, 2.24) is 5.32 Å². The molecule has 2 aromatic rings. The molecular weight excluding hydrogens is 350 g/mol. The molecular formula is C23H27N3O2. The van der Waals surface area contributed by atoms with E-state index in [0.717, 1.165) is 5.92 Å². The van der Waals surface area contributed by atoms with E-state index in [9.17, 15) is 9.59 Å². The van der Waals surface area contributed by atoms with Crippen LogP contribution in [0.1, 0.15) is 32.6 Å². The molecule has 3 N–H and O–H groups in total. The maximum atomic E-state index is 13.1. The van der Waals surface area contributed by atoms with Crippen LogP contribution in [-0.4, -0.2) is 17.9 Å². The summed E-state index contributed by atoms with van der Waals surface area (Å²) in [5.41, 5.74) is 7.67. The summed E-state index contributed by atoms with van der Waals surface area (Å²) in [6.45, 7) is 2.03. The van der Waals surface area contributed by atoms with Gasteiger partial charge in [0, 0.05) is 23.1 Å². The quantitative estimate of drug-likeness (QED) is 0.627. The Morgan fingerprint density at radius 2 is 1.68 bits per heavy atom. The molecule has 4 rings (SSSR count). The Bertz CT molecular complexity index is 850. The zero-order chi connectivity index (χ0) is 19.7. The molecule has 0 radical (unpaired) electrons. The van der Waals surface area contributed by atoms with Gasteiger partial charge in [0.1, 0.15) is 0 Å². The van der Waals surface area contributed by atoms with Gasteiger partial charge in [-0.25, -0.2) is 0 Å².